The summed E-state index contributed by atoms with van der Waals surface area (Å²) in [6.07, 6.45) is 0.766. The summed E-state index contributed by atoms with van der Waals surface area (Å²) in [6, 6.07) is 1.61. The molecule has 0 radical (unpaired) electrons. The number of nitrogens with one attached hydrogen (secondary N) is 1. The summed E-state index contributed by atoms with van der Waals surface area (Å²) in [7, 11) is 0. The number of aryl methyl sites for hydroxylation is 1. The highest BCUT2D eigenvalue weighted by Crippen LogP contribution is 2.28. The van der Waals surface area contributed by atoms with Gasteiger partial charge in [0.25, 0.3) is 0 Å². The Bertz CT molecular complexity index is 409. The molecule has 2 N–H and O–H groups in total. The predicted molar refractivity (Wildman–Crippen MR) is 64.1 cm³/mol. The van der Waals surface area contributed by atoms with E-state index in [1.807, 2.05) is 6.92 Å². The maximum absolute atomic E-state index is 11.5. The summed E-state index contributed by atoms with van der Waals surface area (Å²) >= 11 is 1.32. The van der Waals surface area contributed by atoms with Gasteiger partial charge in [-0.25, -0.2) is 4.79 Å². The molecule has 1 heterocycles. The Morgan fingerprint density at radius 3 is 2.56 bits per heavy atom. The van der Waals surface area contributed by atoms with Crippen LogP contribution in [0.4, 0.5) is 5.00 Å². The molecule has 0 fully saturated rings. The van der Waals surface area contributed by atoms with Crippen LogP contribution in [0, 0.1) is 5.92 Å². The van der Waals surface area contributed by atoms with Gasteiger partial charge in [0, 0.05) is 10.8 Å². The van der Waals surface area contributed by atoms with Gasteiger partial charge in [-0.05, 0) is 12.5 Å². The molecule has 0 spiro atoms. The maximum atomic E-state index is 11.5. The number of hydrogen-bond donors (Lipinski definition) is 2. The topological polar surface area (TPSA) is 66.4 Å². The molecule has 5 heteroatoms. The number of hydrogen-bond acceptors (Lipinski definition) is 3. The van der Waals surface area contributed by atoms with E-state index in [0.29, 0.717) is 5.00 Å². The molecule has 1 aromatic rings. The lowest BCUT2D eigenvalue weighted by Gasteiger charge is -2.06. The standard InChI is InChI=1S/C11H15NO3S/c1-4-7-5-8(11(14)15)10(16-7)12-9(13)6(2)3/h5-6H,4H2,1-3H3,(H,12,13)(H,14,15). The first-order valence-electron chi connectivity index (χ1n) is 5.12. The zero-order valence-corrected chi connectivity index (χ0v) is 10.4. The Balaban J connectivity index is 2.98. The highest BCUT2D eigenvalue weighted by molar-refractivity contribution is 7.16. The van der Waals surface area contributed by atoms with Gasteiger partial charge in [0.1, 0.15) is 5.00 Å². The third-order valence-electron chi connectivity index (χ3n) is 2.12. The molecule has 88 valence electrons. The van der Waals surface area contributed by atoms with Crippen LogP contribution >= 0.6 is 11.3 Å². The van der Waals surface area contributed by atoms with Crippen LogP contribution in [-0.2, 0) is 11.2 Å². The molecule has 4 nitrogen and oxygen atoms in total. The Hall–Kier alpha value is -1.36. The molecule has 0 atom stereocenters. The van der Waals surface area contributed by atoms with Crippen molar-refractivity contribution in [2.75, 3.05) is 5.32 Å². The van der Waals surface area contributed by atoms with E-state index in [1.165, 1.54) is 11.3 Å². The first-order valence-corrected chi connectivity index (χ1v) is 5.94. The summed E-state index contributed by atoms with van der Waals surface area (Å²) in [6.45, 7) is 5.49. The fourth-order valence-corrected chi connectivity index (χ4v) is 2.12. The highest BCUT2D eigenvalue weighted by Gasteiger charge is 2.17. The Labute approximate surface area is 98.3 Å². The van der Waals surface area contributed by atoms with Crippen molar-refractivity contribution in [3.63, 3.8) is 0 Å². The van der Waals surface area contributed by atoms with Crippen LogP contribution in [0.15, 0.2) is 6.07 Å². The van der Waals surface area contributed by atoms with Crippen molar-refractivity contribution < 1.29 is 14.7 Å². The molecule has 1 aromatic heterocycles. The lowest BCUT2D eigenvalue weighted by atomic mass is 10.2. The SMILES string of the molecule is CCc1cc(C(=O)O)c(NC(=O)C(C)C)s1. The molecule has 0 saturated carbocycles. The van der Waals surface area contributed by atoms with Crippen LogP contribution in [0.1, 0.15) is 36.0 Å². The number of carboxylic acids is 1. The van der Waals surface area contributed by atoms with Crippen LogP contribution in [0.2, 0.25) is 0 Å². The molecule has 0 saturated heterocycles. The van der Waals surface area contributed by atoms with Gasteiger partial charge in [0.05, 0.1) is 5.56 Å². The zero-order valence-electron chi connectivity index (χ0n) is 9.53. The lowest BCUT2D eigenvalue weighted by Crippen LogP contribution is -2.18. The predicted octanol–water partition coefficient (Wildman–Crippen LogP) is 2.60. The van der Waals surface area contributed by atoms with Crippen molar-refractivity contribution in [2.45, 2.75) is 27.2 Å². The van der Waals surface area contributed by atoms with Crippen LogP contribution in [0.25, 0.3) is 0 Å². The summed E-state index contributed by atoms with van der Waals surface area (Å²) < 4.78 is 0. The summed E-state index contributed by atoms with van der Waals surface area (Å²) in [5, 5.41) is 12.1. The van der Waals surface area contributed by atoms with Crippen molar-refractivity contribution in [1.82, 2.24) is 0 Å². The van der Waals surface area contributed by atoms with Gasteiger partial charge in [0.15, 0.2) is 0 Å². The second-order valence-electron chi connectivity index (χ2n) is 3.76. The van der Waals surface area contributed by atoms with Crippen LogP contribution in [0.5, 0.6) is 0 Å². The van der Waals surface area contributed by atoms with Crippen molar-refractivity contribution in [2.24, 2.45) is 5.92 Å². The molecule has 0 bridgehead atoms. The van der Waals surface area contributed by atoms with E-state index >= 15 is 0 Å². The van der Waals surface area contributed by atoms with Crippen molar-refractivity contribution in [1.29, 1.82) is 0 Å². The molecule has 0 unspecified atom stereocenters. The van der Waals surface area contributed by atoms with Crippen LogP contribution < -0.4 is 5.32 Å². The minimum absolute atomic E-state index is 0.158. The number of amides is 1. The lowest BCUT2D eigenvalue weighted by molar-refractivity contribution is -0.118. The second kappa shape index (κ2) is 5.12. The van der Waals surface area contributed by atoms with Crippen molar-refractivity contribution >= 4 is 28.2 Å². The third-order valence-corrected chi connectivity index (χ3v) is 3.32. The monoisotopic (exact) mass is 241 g/mol. The molecule has 0 aliphatic rings. The normalized spacial score (nSPS) is 10.5. The summed E-state index contributed by atoms with van der Waals surface area (Å²) in [5.41, 5.74) is 0.177. The summed E-state index contributed by atoms with van der Waals surface area (Å²) in [4.78, 5) is 23.4. The molecule has 16 heavy (non-hydrogen) atoms. The first kappa shape index (κ1) is 12.7. The number of carbonyl (C=O) groups excluding carboxylic acids is 1. The van der Waals surface area contributed by atoms with Gasteiger partial charge in [-0.15, -0.1) is 11.3 Å². The molecule has 1 amide bonds. The zero-order chi connectivity index (χ0) is 12.3. The average molecular weight is 241 g/mol. The number of thiophene rings is 1. The molecule has 0 aliphatic carbocycles. The minimum Gasteiger partial charge on any atom is -0.478 e. The van der Waals surface area contributed by atoms with Gasteiger partial charge < -0.3 is 10.4 Å². The Morgan fingerprint density at radius 2 is 2.12 bits per heavy atom. The van der Waals surface area contributed by atoms with Gasteiger partial charge in [-0.1, -0.05) is 20.8 Å². The van der Waals surface area contributed by atoms with Crippen molar-refractivity contribution in [3.05, 3.63) is 16.5 Å². The van der Waals surface area contributed by atoms with Gasteiger partial charge in [0.2, 0.25) is 5.91 Å². The summed E-state index contributed by atoms with van der Waals surface area (Å²) in [5.74, 6) is -1.32. The fourth-order valence-electron chi connectivity index (χ4n) is 1.12. The first-order chi connectivity index (χ1) is 7.45. The van der Waals surface area contributed by atoms with Gasteiger partial charge >= 0.3 is 5.97 Å². The minimum atomic E-state index is -1.00. The third kappa shape index (κ3) is 2.82. The number of carbonyl (C=O) groups is 2. The number of aromatic carboxylic acids is 1. The number of anilines is 1. The van der Waals surface area contributed by atoms with Gasteiger partial charge in [-0.3, -0.25) is 4.79 Å². The fraction of sp³-hybridized carbons (Fsp3) is 0.455. The van der Waals surface area contributed by atoms with Gasteiger partial charge in [-0.2, -0.15) is 0 Å². The molecule has 1 rings (SSSR count). The maximum Gasteiger partial charge on any atom is 0.338 e. The van der Waals surface area contributed by atoms with E-state index in [1.54, 1.807) is 19.9 Å². The van der Waals surface area contributed by atoms with E-state index in [9.17, 15) is 9.59 Å². The molecular weight excluding hydrogens is 226 g/mol. The van der Waals surface area contributed by atoms with E-state index < -0.39 is 5.97 Å². The molecular formula is C11H15NO3S. The Kier molecular flexibility index (Phi) is 4.06. The van der Waals surface area contributed by atoms with E-state index in [0.717, 1.165) is 11.3 Å². The Morgan fingerprint density at radius 1 is 1.50 bits per heavy atom. The van der Waals surface area contributed by atoms with Crippen LogP contribution in [-0.4, -0.2) is 17.0 Å². The molecule has 0 aromatic carbocycles. The quantitative estimate of drug-likeness (QED) is 0.851. The smallest absolute Gasteiger partial charge is 0.338 e. The van der Waals surface area contributed by atoms with E-state index in [-0.39, 0.29) is 17.4 Å². The number of rotatable bonds is 4. The second-order valence-corrected chi connectivity index (χ2v) is 4.89. The van der Waals surface area contributed by atoms with E-state index in [4.69, 9.17) is 5.11 Å². The largest absolute Gasteiger partial charge is 0.478 e. The highest BCUT2D eigenvalue weighted by atomic mass is 32.1. The number of carboxylic acid groups (broad SMARTS) is 1. The van der Waals surface area contributed by atoms with E-state index in [2.05, 4.69) is 5.32 Å². The molecule has 0 aliphatic heterocycles. The van der Waals surface area contributed by atoms with Crippen LogP contribution in [0.3, 0.4) is 0 Å². The average Bonchev–Trinajstić information content (AvgIpc) is 2.61. The van der Waals surface area contributed by atoms with Crippen molar-refractivity contribution in [3.8, 4) is 0 Å².